The van der Waals surface area contributed by atoms with Gasteiger partial charge in [-0.15, -0.1) is 0 Å². The third kappa shape index (κ3) is 5.51. The third-order valence-electron chi connectivity index (χ3n) is 5.21. The molecule has 1 saturated heterocycles. The molecular formula is C21H27N3O5S2. The highest BCUT2D eigenvalue weighted by Crippen LogP contribution is 2.21. The summed E-state index contributed by atoms with van der Waals surface area (Å²) in [6.45, 7) is 2.79. The first-order chi connectivity index (χ1) is 14.6. The predicted molar refractivity (Wildman–Crippen MR) is 117 cm³/mol. The Morgan fingerprint density at radius 1 is 0.935 bits per heavy atom. The molecule has 0 saturated carbocycles. The standard InChI is InChI=1S/C21H27N3O5S2/c1-17-5-9-19(10-6-17)30(26,27)23(2)16-21(25)22-15-18-7-11-20(12-8-18)31(28,29)24-13-3-4-14-24/h5-12H,3-4,13-16H2,1-2H3,(H,22,25). The molecule has 0 bridgehead atoms. The van der Waals surface area contributed by atoms with Crippen LogP contribution in [-0.2, 0) is 31.4 Å². The normalized spacial score (nSPS) is 15.3. The molecule has 0 unspecified atom stereocenters. The summed E-state index contributed by atoms with van der Waals surface area (Å²) in [7, 11) is -5.88. The van der Waals surface area contributed by atoms with Gasteiger partial charge in [0.1, 0.15) is 0 Å². The molecule has 1 N–H and O–H groups in total. The molecule has 2 aromatic carbocycles. The van der Waals surface area contributed by atoms with Gasteiger partial charge >= 0.3 is 0 Å². The average Bonchev–Trinajstić information content (AvgIpc) is 3.29. The van der Waals surface area contributed by atoms with Gasteiger partial charge in [0, 0.05) is 26.7 Å². The number of aryl methyl sites for hydroxylation is 1. The molecule has 0 aliphatic carbocycles. The van der Waals surface area contributed by atoms with Crippen LogP contribution in [0, 0.1) is 6.92 Å². The van der Waals surface area contributed by atoms with Gasteiger partial charge in [0.15, 0.2) is 0 Å². The summed E-state index contributed by atoms with van der Waals surface area (Å²) < 4.78 is 52.7. The number of hydrogen-bond donors (Lipinski definition) is 1. The molecule has 1 heterocycles. The molecule has 1 amide bonds. The lowest BCUT2D eigenvalue weighted by atomic mass is 10.2. The molecule has 168 valence electrons. The molecular weight excluding hydrogens is 438 g/mol. The van der Waals surface area contributed by atoms with E-state index < -0.39 is 26.0 Å². The zero-order valence-electron chi connectivity index (χ0n) is 17.6. The molecule has 0 radical (unpaired) electrons. The van der Waals surface area contributed by atoms with E-state index in [-0.39, 0.29) is 22.9 Å². The van der Waals surface area contributed by atoms with Crippen LogP contribution in [0.15, 0.2) is 58.3 Å². The van der Waals surface area contributed by atoms with Crippen molar-refractivity contribution in [2.75, 3.05) is 26.7 Å². The van der Waals surface area contributed by atoms with Crippen LogP contribution in [0.5, 0.6) is 0 Å². The highest BCUT2D eigenvalue weighted by molar-refractivity contribution is 7.89. The van der Waals surface area contributed by atoms with Crippen LogP contribution in [-0.4, -0.2) is 58.0 Å². The fourth-order valence-electron chi connectivity index (χ4n) is 3.29. The average molecular weight is 466 g/mol. The van der Waals surface area contributed by atoms with E-state index in [2.05, 4.69) is 5.32 Å². The van der Waals surface area contributed by atoms with Gasteiger partial charge in [-0.2, -0.15) is 8.61 Å². The largest absolute Gasteiger partial charge is 0.351 e. The van der Waals surface area contributed by atoms with Crippen molar-refractivity contribution in [2.45, 2.75) is 36.1 Å². The number of sulfonamides is 2. The summed E-state index contributed by atoms with van der Waals surface area (Å²) in [6, 6.07) is 12.8. The Labute approximate surface area is 184 Å². The van der Waals surface area contributed by atoms with Gasteiger partial charge in [-0.05, 0) is 49.6 Å². The van der Waals surface area contributed by atoms with E-state index in [4.69, 9.17) is 0 Å². The number of likely N-dealkylation sites (N-methyl/N-ethyl adjacent to an activating group) is 1. The van der Waals surface area contributed by atoms with Crippen molar-refractivity contribution in [1.82, 2.24) is 13.9 Å². The van der Waals surface area contributed by atoms with Crippen molar-refractivity contribution in [1.29, 1.82) is 0 Å². The van der Waals surface area contributed by atoms with Crippen LogP contribution in [0.2, 0.25) is 0 Å². The Morgan fingerprint density at radius 2 is 1.48 bits per heavy atom. The predicted octanol–water partition coefficient (Wildman–Crippen LogP) is 1.72. The van der Waals surface area contributed by atoms with E-state index in [1.54, 1.807) is 24.3 Å². The number of carbonyl (C=O) groups excluding carboxylic acids is 1. The Kier molecular flexibility index (Phi) is 7.15. The van der Waals surface area contributed by atoms with Gasteiger partial charge in [0.25, 0.3) is 0 Å². The number of rotatable bonds is 8. The number of nitrogens with zero attached hydrogens (tertiary/aromatic N) is 2. The number of amides is 1. The first-order valence-corrected chi connectivity index (χ1v) is 12.9. The van der Waals surface area contributed by atoms with Crippen LogP contribution in [0.1, 0.15) is 24.0 Å². The number of nitrogens with one attached hydrogen (secondary N) is 1. The summed E-state index contributed by atoms with van der Waals surface area (Å²) in [4.78, 5) is 12.6. The van der Waals surface area contributed by atoms with E-state index in [0.717, 1.165) is 28.3 Å². The van der Waals surface area contributed by atoms with Gasteiger partial charge < -0.3 is 5.32 Å². The minimum Gasteiger partial charge on any atom is -0.351 e. The topological polar surface area (TPSA) is 104 Å². The first kappa shape index (κ1) is 23.4. The lowest BCUT2D eigenvalue weighted by Gasteiger charge is -2.17. The first-order valence-electron chi connectivity index (χ1n) is 9.99. The Bertz CT molecular complexity index is 1120. The Hall–Kier alpha value is -2.27. The van der Waals surface area contributed by atoms with Crippen molar-refractivity contribution in [2.24, 2.45) is 0 Å². The summed E-state index contributed by atoms with van der Waals surface area (Å²) >= 11 is 0. The molecule has 0 aromatic heterocycles. The lowest BCUT2D eigenvalue weighted by Crippen LogP contribution is -2.38. The van der Waals surface area contributed by atoms with E-state index >= 15 is 0 Å². The fourth-order valence-corrected chi connectivity index (χ4v) is 5.93. The summed E-state index contributed by atoms with van der Waals surface area (Å²) in [5.74, 6) is -0.452. The molecule has 1 aliphatic rings. The Balaban J connectivity index is 1.56. The van der Waals surface area contributed by atoms with Gasteiger partial charge in [-0.3, -0.25) is 4.79 Å². The Morgan fingerprint density at radius 3 is 2.06 bits per heavy atom. The number of carbonyl (C=O) groups is 1. The summed E-state index contributed by atoms with van der Waals surface area (Å²) in [6.07, 6.45) is 1.74. The quantitative estimate of drug-likeness (QED) is 0.639. The monoisotopic (exact) mass is 465 g/mol. The van der Waals surface area contributed by atoms with Gasteiger partial charge in [-0.25, -0.2) is 16.8 Å². The van der Waals surface area contributed by atoms with Crippen molar-refractivity contribution in [3.63, 3.8) is 0 Å². The molecule has 31 heavy (non-hydrogen) atoms. The van der Waals surface area contributed by atoms with Gasteiger partial charge in [0.2, 0.25) is 26.0 Å². The molecule has 0 spiro atoms. The minimum atomic E-state index is -3.76. The fraction of sp³-hybridized carbons (Fsp3) is 0.381. The maximum Gasteiger partial charge on any atom is 0.243 e. The van der Waals surface area contributed by atoms with Crippen molar-refractivity contribution < 1.29 is 21.6 Å². The van der Waals surface area contributed by atoms with Gasteiger partial charge in [0.05, 0.1) is 16.3 Å². The molecule has 3 rings (SSSR count). The van der Waals surface area contributed by atoms with Crippen molar-refractivity contribution in [3.8, 4) is 0 Å². The molecule has 1 fully saturated rings. The number of benzene rings is 2. The zero-order chi connectivity index (χ0) is 22.6. The minimum absolute atomic E-state index is 0.128. The molecule has 1 aliphatic heterocycles. The lowest BCUT2D eigenvalue weighted by molar-refractivity contribution is -0.121. The maximum atomic E-state index is 12.6. The van der Waals surface area contributed by atoms with Crippen molar-refractivity contribution in [3.05, 3.63) is 59.7 Å². The molecule has 2 aromatic rings. The van der Waals surface area contributed by atoms with E-state index in [0.29, 0.717) is 13.1 Å². The molecule has 0 atom stereocenters. The SMILES string of the molecule is Cc1ccc(S(=O)(=O)N(C)CC(=O)NCc2ccc(S(=O)(=O)N3CCCC3)cc2)cc1. The summed E-state index contributed by atoms with van der Waals surface area (Å²) in [5.41, 5.74) is 1.66. The second-order valence-corrected chi connectivity index (χ2v) is 11.6. The van der Waals surface area contributed by atoms with Crippen LogP contribution in [0.25, 0.3) is 0 Å². The van der Waals surface area contributed by atoms with E-state index in [9.17, 15) is 21.6 Å². The van der Waals surface area contributed by atoms with Crippen LogP contribution in [0.3, 0.4) is 0 Å². The summed E-state index contributed by atoms with van der Waals surface area (Å²) in [5, 5.41) is 2.67. The highest BCUT2D eigenvalue weighted by Gasteiger charge is 2.27. The molecule has 10 heteroatoms. The zero-order valence-corrected chi connectivity index (χ0v) is 19.2. The van der Waals surface area contributed by atoms with Crippen LogP contribution < -0.4 is 5.32 Å². The number of hydrogen-bond acceptors (Lipinski definition) is 5. The second kappa shape index (κ2) is 9.47. The molecule has 8 nitrogen and oxygen atoms in total. The maximum absolute atomic E-state index is 12.6. The van der Waals surface area contributed by atoms with E-state index in [1.165, 1.54) is 35.6 Å². The van der Waals surface area contributed by atoms with E-state index in [1.807, 2.05) is 6.92 Å². The second-order valence-electron chi connectivity index (χ2n) is 7.61. The van der Waals surface area contributed by atoms with Crippen molar-refractivity contribution >= 4 is 26.0 Å². The van der Waals surface area contributed by atoms with Crippen LogP contribution >= 0.6 is 0 Å². The van der Waals surface area contributed by atoms with Crippen LogP contribution in [0.4, 0.5) is 0 Å². The highest BCUT2D eigenvalue weighted by atomic mass is 32.2. The third-order valence-corrected chi connectivity index (χ3v) is 8.94. The van der Waals surface area contributed by atoms with Gasteiger partial charge in [-0.1, -0.05) is 29.8 Å². The smallest absolute Gasteiger partial charge is 0.243 e.